The lowest BCUT2D eigenvalue weighted by Gasteiger charge is -2.21. The first-order valence-electron chi connectivity index (χ1n) is 6.27. The van der Waals surface area contributed by atoms with E-state index in [2.05, 4.69) is 53.7 Å². The summed E-state index contributed by atoms with van der Waals surface area (Å²) in [6, 6.07) is 6.00. The monoisotopic (exact) mass is 408 g/mol. The minimum Gasteiger partial charge on any atom is -0.334 e. The minimum absolute atomic E-state index is 0.350. The summed E-state index contributed by atoms with van der Waals surface area (Å²) in [5, 5.41) is 5.63. The van der Waals surface area contributed by atoms with Crippen molar-refractivity contribution in [1.29, 1.82) is 0 Å². The highest BCUT2D eigenvalue weighted by Gasteiger charge is 2.25. The predicted octanol–water partition coefficient (Wildman–Crippen LogP) is 5.26. The van der Waals surface area contributed by atoms with E-state index in [4.69, 9.17) is 11.6 Å². The highest BCUT2D eigenvalue weighted by atomic mass is 127. The van der Waals surface area contributed by atoms with Gasteiger partial charge in [0, 0.05) is 8.82 Å². The van der Waals surface area contributed by atoms with Crippen LogP contribution in [0, 0.1) is 8.99 Å². The van der Waals surface area contributed by atoms with Crippen LogP contribution in [0.3, 0.4) is 0 Å². The molecule has 1 heterocycles. The summed E-state index contributed by atoms with van der Waals surface area (Å²) in [4.78, 5) is 4.57. The van der Waals surface area contributed by atoms with Crippen molar-refractivity contribution >= 4 is 56.8 Å². The van der Waals surface area contributed by atoms with Crippen LogP contribution in [0.5, 0.6) is 0 Å². The molecule has 2 nitrogen and oxygen atoms in total. The van der Waals surface area contributed by atoms with Crippen LogP contribution in [0.1, 0.15) is 27.2 Å². The van der Waals surface area contributed by atoms with Gasteiger partial charge in [-0.2, -0.15) is 0 Å². The minimum atomic E-state index is 0.350. The molecule has 0 spiro atoms. The van der Waals surface area contributed by atoms with Crippen LogP contribution < -0.4 is 5.32 Å². The Morgan fingerprint density at radius 2 is 2.21 bits per heavy atom. The van der Waals surface area contributed by atoms with Crippen LogP contribution in [0.2, 0.25) is 5.02 Å². The maximum absolute atomic E-state index is 6.22. The maximum Gasteiger partial charge on any atom is 0.161 e. The molecule has 1 atom stereocenters. The van der Waals surface area contributed by atoms with Crippen molar-refractivity contribution in [3.63, 3.8) is 0 Å². The van der Waals surface area contributed by atoms with E-state index in [9.17, 15) is 0 Å². The van der Waals surface area contributed by atoms with Gasteiger partial charge in [0.1, 0.15) is 0 Å². The average Bonchev–Trinajstić information content (AvgIpc) is 2.67. The first-order chi connectivity index (χ1) is 8.83. The number of rotatable bonds is 2. The molecule has 1 unspecified atom stereocenters. The van der Waals surface area contributed by atoms with E-state index in [1.165, 1.54) is 6.42 Å². The normalized spacial score (nSPS) is 19.4. The molecular formula is C14H18ClIN2S. The van der Waals surface area contributed by atoms with Crippen molar-refractivity contribution in [1.82, 2.24) is 0 Å². The number of thioether (sulfide) groups is 1. The van der Waals surface area contributed by atoms with Crippen molar-refractivity contribution in [3.8, 4) is 0 Å². The van der Waals surface area contributed by atoms with E-state index in [-0.39, 0.29) is 0 Å². The fourth-order valence-corrected chi connectivity index (χ4v) is 4.25. The first kappa shape index (κ1) is 15.4. The van der Waals surface area contributed by atoms with Crippen LogP contribution in [-0.4, -0.2) is 17.0 Å². The zero-order valence-corrected chi connectivity index (χ0v) is 15.1. The van der Waals surface area contributed by atoms with Gasteiger partial charge in [0.05, 0.1) is 17.3 Å². The van der Waals surface area contributed by atoms with Gasteiger partial charge in [-0.3, -0.25) is 4.99 Å². The van der Waals surface area contributed by atoms with Crippen molar-refractivity contribution in [2.24, 2.45) is 10.4 Å². The molecular weight excluding hydrogens is 391 g/mol. The molecule has 0 aliphatic carbocycles. The summed E-state index contributed by atoms with van der Waals surface area (Å²) >= 11 is 10.3. The van der Waals surface area contributed by atoms with Crippen molar-refractivity contribution < 1.29 is 0 Å². The van der Waals surface area contributed by atoms with Crippen LogP contribution in [0.4, 0.5) is 5.69 Å². The zero-order chi connectivity index (χ0) is 14.0. The van der Waals surface area contributed by atoms with Crippen molar-refractivity contribution in [2.45, 2.75) is 32.4 Å². The number of anilines is 1. The SMILES string of the molecule is CC(C)(C)CC1CN=C(Nc2ccc(I)cc2Cl)S1. The van der Waals surface area contributed by atoms with Crippen molar-refractivity contribution in [2.75, 3.05) is 11.9 Å². The maximum atomic E-state index is 6.22. The molecule has 1 aromatic carbocycles. The van der Waals surface area contributed by atoms with Gasteiger partial charge in [0.2, 0.25) is 0 Å². The van der Waals surface area contributed by atoms with E-state index in [0.717, 1.165) is 26.0 Å². The second-order valence-electron chi connectivity index (χ2n) is 5.90. The standard InChI is InChI=1S/C14H18ClIN2S/c1-14(2,3)7-10-8-17-13(19-10)18-12-5-4-9(16)6-11(12)15/h4-6,10H,7-8H2,1-3H3,(H,17,18). The molecule has 0 saturated heterocycles. The molecule has 0 bridgehead atoms. The highest BCUT2D eigenvalue weighted by Crippen LogP contribution is 2.33. The van der Waals surface area contributed by atoms with E-state index in [1.807, 2.05) is 30.0 Å². The molecule has 1 N–H and O–H groups in total. The lowest BCUT2D eigenvalue weighted by atomic mass is 9.90. The number of aliphatic imine (C=N–C) groups is 1. The van der Waals surface area contributed by atoms with Gasteiger partial charge < -0.3 is 5.32 Å². The lowest BCUT2D eigenvalue weighted by Crippen LogP contribution is -2.16. The van der Waals surface area contributed by atoms with Gasteiger partial charge >= 0.3 is 0 Å². The van der Waals surface area contributed by atoms with Gasteiger partial charge in [-0.05, 0) is 52.6 Å². The molecule has 1 aromatic rings. The van der Waals surface area contributed by atoms with Crippen LogP contribution in [0.25, 0.3) is 0 Å². The molecule has 2 rings (SSSR count). The molecule has 5 heteroatoms. The van der Waals surface area contributed by atoms with Crippen LogP contribution >= 0.6 is 46.0 Å². The van der Waals surface area contributed by atoms with Crippen molar-refractivity contribution in [3.05, 3.63) is 26.8 Å². The van der Waals surface area contributed by atoms with Gasteiger partial charge in [-0.1, -0.05) is 44.1 Å². The second-order valence-corrected chi connectivity index (χ2v) is 8.84. The van der Waals surface area contributed by atoms with Gasteiger partial charge in [-0.15, -0.1) is 0 Å². The fourth-order valence-electron chi connectivity index (χ4n) is 1.98. The summed E-state index contributed by atoms with van der Waals surface area (Å²) in [7, 11) is 0. The topological polar surface area (TPSA) is 24.4 Å². The largest absolute Gasteiger partial charge is 0.334 e. The number of halogens is 2. The third-order valence-corrected chi connectivity index (χ3v) is 4.82. The molecule has 104 valence electrons. The summed E-state index contributed by atoms with van der Waals surface area (Å²) in [5.41, 5.74) is 1.29. The smallest absolute Gasteiger partial charge is 0.161 e. The molecule has 0 aromatic heterocycles. The first-order valence-corrected chi connectivity index (χ1v) is 8.60. The number of hydrogen-bond donors (Lipinski definition) is 1. The Bertz CT molecular complexity index is 497. The summed E-state index contributed by atoms with van der Waals surface area (Å²) in [6.45, 7) is 7.71. The number of nitrogens with one attached hydrogen (secondary N) is 1. The average molecular weight is 409 g/mol. The Morgan fingerprint density at radius 3 is 2.84 bits per heavy atom. The number of nitrogens with zero attached hydrogens (tertiary/aromatic N) is 1. The molecule has 0 amide bonds. The molecule has 0 radical (unpaired) electrons. The third kappa shape index (κ3) is 4.83. The highest BCUT2D eigenvalue weighted by molar-refractivity contribution is 14.1. The third-order valence-electron chi connectivity index (χ3n) is 2.73. The Kier molecular flexibility index (Phi) is 5.06. The predicted molar refractivity (Wildman–Crippen MR) is 95.5 cm³/mol. The molecule has 0 fully saturated rings. The number of hydrogen-bond acceptors (Lipinski definition) is 3. The van der Waals surface area contributed by atoms with E-state index < -0.39 is 0 Å². The Labute approximate surface area is 137 Å². The molecule has 19 heavy (non-hydrogen) atoms. The molecule has 0 saturated carbocycles. The number of amidine groups is 1. The van der Waals surface area contributed by atoms with Gasteiger partial charge in [0.25, 0.3) is 0 Å². The summed E-state index contributed by atoms with van der Waals surface area (Å²) < 4.78 is 1.14. The van der Waals surface area contributed by atoms with Gasteiger partial charge in [-0.25, -0.2) is 0 Å². The van der Waals surface area contributed by atoms with Gasteiger partial charge in [0.15, 0.2) is 5.17 Å². The number of benzene rings is 1. The molecule has 1 aliphatic heterocycles. The second kappa shape index (κ2) is 6.22. The Balaban J connectivity index is 1.95. The fraction of sp³-hybridized carbons (Fsp3) is 0.500. The Morgan fingerprint density at radius 1 is 1.47 bits per heavy atom. The molecule has 1 aliphatic rings. The van der Waals surface area contributed by atoms with E-state index in [0.29, 0.717) is 10.7 Å². The van der Waals surface area contributed by atoms with E-state index in [1.54, 1.807) is 0 Å². The summed E-state index contributed by atoms with van der Waals surface area (Å²) in [6.07, 6.45) is 1.17. The quantitative estimate of drug-likeness (QED) is 0.675. The zero-order valence-electron chi connectivity index (χ0n) is 11.3. The Hall–Kier alpha value is 0.0600. The summed E-state index contributed by atoms with van der Waals surface area (Å²) in [5.74, 6) is 0. The lowest BCUT2D eigenvalue weighted by molar-refractivity contribution is 0.375. The van der Waals surface area contributed by atoms with Crippen LogP contribution in [-0.2, 0) is 0 Å². The van der Waals surface area contributed by atoms with Crippen LogP contribution in [0.15, 0.2) is 23.2 Å². The van der Waals surface area contributed by atoms with E-state index >= 15 is 0 Å².